The van der Waals surface area contributed by atoms with Crippen LogP contribution < -0.4 is 14.8 Å². The number of nitrogens with one attached hydrogen (secondary N) is 2. The average Bonchev–Trinajstić information content (AvgIpc) is 3.52. The van der Waals surface area contributed by atoms with Crippen LogP contribution in [0.15, 0.2) is 30.5 Å². The molecular weight excluding hydrogens is 398 g/mol. The van der Waals surface area contributed by atoms with E-state index in [-0.39, 0.29) is 5.91 Å². The molecule has 3 heterocycles. The van der Waals surface area contributed by atoms with Gasteiger partial charge in [-0.3, -0.25) is 4.79 Å². The fraction of sp³-hybridized carbons (Fsp3) is 0.409. The number of nitrogens with zero attached hydrogens (tertiary/aromatic N) is 3. The van der Waals surface area contributed by atoms with Gasteiger partial charge in [0.15, 0.2) is 0 Å². The van der Waals surface area contributed by atoms with Crippen molar-refractivity contribution in [3.05, 3.63) is 36.0 Å². The Morgan fingerprint density at radius 3 is 2.87 bits per heavy atom. The van der Waals surface area contributed by atoms with Crippen molar-refractivity contribution in [2.45, 2.75) is 12.8 Å². The van der Waals surface area contributed by atoms with Crippen LogP contribution in [0, 0.1) is 5.92 Å². The topological polar surface area (TPSA) is 102 Å². The summed E-state index contributed by atoms with van der Waals surface area (Å²) in [5, 5.41) is 4.05. The Labute approximate surface area is 179 Å². The second-order valence-electron chi connectivity index (χ2n) is 7.79. The van der Waals surface area contributed by atoms with Gasteiger partial charge in [0.2, 0.25) is 11.8 Å². The Kier molecular flexibility index (Phi) is 5.33. The number of aromatic amines is 1. The van der Waals surface area contributed by atoms with Crippen molar-refractivity contribution >= 4 is 28.6 Å². The first kappa shape index (κ1) is 19.6. The van der Waals surface area contributed by atoms with E-state index in [1.54, 1.807) is 30.2 Å². The molecule has 0 spiro atoms. The molecule has 2 N–H and O–H groups in total. The standard InChI is InChI=1S/C22H25N5O4/c1-29-18-12-15(21(28)27-8-10-30-11-9-27)4-5-17(18)24-22-25-19-16(6-7-23-19)20(26-22)31-13-14-2-3-14/h4-7,12,14H,2-3,8-11,13H2,1H3,(H2,23,24,25,26). The van der Waals surface area contributed by atoms with Gasteiger partial charge in [-0.15, -0.1) is 0 Å². The number of amides is 1. The van der Waals surface area contributed by atoms with E-state index in [2.05, 4.69) is 20.3 Å². The zero-order valence-corrected chi connectivity index (χ0v) is 17.4. The second-order valence-corrected chi connectivity index (χ2v) is 7.79. The van der Waals surface area contributed by atoms with E-state index in [9.17, 15) is 4.79 Å². The minimum Gasteiger partial charge on any atom is -0.495 e. The third-order valence-electron chi connectivity index (χ3n) is 5.53. The molecule has 1 aliphatic carbocycles. The van der Waals surface area contributed by atoms with Gasteiger partial charge in [0, 0.05) is 24.8 Å². The summed E-state index contributed by atoms with van der Waals surface area (Å²) >= 11 is 0. The lowest BCUT2D eigenvalue weighted by Crippen LogP contribution is -2.40. The molecule has 2 aromatic heterocycles. The van der Waals surface area contributed by atoms with Crippen molar-refractivity contribution in [3.8, 4) is 11.6 Å². The lowest BCUT2D eigenvalue weighted by molar-refractivity contribution is 0.0302. The van der Waals surface area contributed by atoms with Crippen molar-refractivity contribution in [2.24, 2.45) is 5.92 Å². The summed E-state index contributed by atoms with van der Waals surface area (Å²) in [6.07, 6.45) is 4.23. The molecule has 1 aromatic carbocycles. The molecule has 5 rings (SSSR count). The van der Waals surface area contributed by atoms with E-state index in [0.717, 1.165) is 5.39 Å². The predicted molar refractivity (Wildman–Crippen MR) is 115 cm³/mol. The molecule has 0 atom stereocenters. The number of methoxy groups -OCH3 is 1. The first-order chi connectivity index (χ1) is 15.2. The highest BCUT2D eigenvalue weighted by Crippen LogP contribution is 2.33. The van der Waals surface area contributed by atoms with Gasteiger partial charge in [-0.25, -0.2) is 0 Å². The number of carbonyl (C=O) groups excluding carboxylic acids is 1. The number of aromatic nitrogens is 3. The Balaban J connectivity index is 1.38. The zero-order chi connectivity index (χ0) is 21.2. The smallest absolute Gasteiger partial charge is 0.254 e. The number of hydrogen-bond donors (Lipinski definition) is 2. The summed E-state index contributed by atoms with van der Waals surface area (Å²) in [7, 11) is 1.57. The Hall–Kier alpha value is -3.33. The molecule has 1 saturated heterocycles. The van der Waals surface area contributed by atoms with Crippen LogP contribution in [-0.4, -0.2) is 65.8 Å². The number of anilines is 2. The largest absolute Gasteiger partial charge is 0.495 e. The molecule has 0 radical (unpaired) electrons. The van der Waals surface area contributed by atoms with Crippen LogP contribution in [0.3, 0.4) is 0 Å². The van der Waals surface area contributed by atoms with Crippen LogP contribution in [0.25, 0.3) is 11.0 Å². The van der Waals surface area contributed by atoms with Crippen LogP contribution in [0.1, 0.15) is 23.2 Å². The van der Waals surface area contributed by atoms with Crippen LogP contribution in [0.2, 0.25) is 0 Å². The van der Waals surface area contributed by atoms with Gasteiger partial charge >= 0.3 is 0 Å². The highest BCUT2D eigenvalue weighted by atomic mass is 16.5. The van der Waals surface area contributed by atoms with Gasteiger partial charge in [0.05, 0.1) is 38.0 Å². The molecule has 31 heavy (non-hydrogen) atoms. The van der Waals surface area contributed by atoms with Crippen molar-refractivity contribution in [1.29, 1.82) is 0 Å². The average molecular weight is 423 g/mol. The molecular formula is C22H25N5O4. The SMILES string of the molecule is COc1cc(C(=O)N2CCOCC2)ccc1Nc1nc(OCC2CC2)c2cc[nH]c2n1. The van der Waals surface area contributed by atoms with E-state index in [1.807, 2.05) is 12.3 Å². The Bertz CT molecular complexity index is 1090. The fourth-order valence-electron chi connectivity index (χ4n) is 3.56. The lowest BCUT2D eigenvalue weighted by Gasteiger charge is -2.27. The van der Waals surface area contributed by atoms with E-state index >= 15 is 0 Å². The molecule has 9 heteroatoms. The molecule has 3 aromatic rings. The van der Waals surface area contributed by atoms with Gasteiger partial charge in [-0.05, 0) is 43.0 Å². The van der Waals surface area contributed by atoms with E-state index < -0.39 is 0 Å². The van der Waals surface area contributed by atoms with Crippen molar-refractivity contribution in [3.63, 3.8) is 0 Å². The van der Waals surface area contributed by atoms with Gasteiger partial charge in [0.1, 0.15) is 11.4 Å². The normalized spacial score (nSPS) is 16.4. The van der Waals surface area contributed by atoms with Crippen LogP contribution in [-0.2, 0) is 4.74 Å². The summed E-state index contributed by atoms with van der Waals surface area (Å²) in [6, 6.07) is 7.23. The molecule has 2 fully saturated rings. The molecule has 1 aliphatic heterocycles. The van der Waals surface area contributed by atoms with E-state index in [1.165, 1.54) is 12.8 Å². The maximum atomic E-state index is 12.8. The number of ether oxygens (including phenoxy) is 3. The van der Waals surface area contributed by atoms with Crippen molar-refractivity contribution in [2.75, 3.05) is 45.3 Å². The molecule has 0 bridgehead atoms. The maximum absolute atomic E-state index is 12.8. The highest BCUT2D eigenvalue weighted by Gasteiger charge is 2.23. The van der Waals surface area contributed by atoms with Crippen LogP contribution >= 0.6 is 0 Å². The molecule has 0 unspecified atom stereocenters. The van der Waals surface area contributed by atoms with Gasteiger partial charge < -0.3 is 29.4 Å². The summed E-state index contributed by atoms with van der Waals surface area (Å²) < 4.78 is 16.8. The van der Waals surface area contributed by atoms with E-state index in [0.29, 0.717) is 73.3 Å². The molecule has 162 valence electrons. The molecule has 2 aliphatic rings. The van der Waals surface area contributed by atoms with Crippen molar-refractivity contribution < 1.29 is 19.0 Å². The highest BCUT2D eigenvalue weighted by molar-refractivity contribution is 5.95. The van der Waals surface area contributed by atoms with Gasteiger partial charge in [-0.2, -0.15) is 9.97 Å². The minimum absolute atomic E-state index is 0.0343. The number of hydrogen-bond acceptors (Lipinski definition) is 7. The van der Waals surface area contributed by atoms with Crippen molar-refractivity contribution in [1.82, 2.24) is 19.9 Å². The number of carbonyl (C=O) groups is 1. The monoisotopic (exact) mass is 423 g/mol. The summed E-state index contributed by atoms with van der Waals surface area (Å²) in [4.78, 5) is 26.8. The number of fused-ring (bicyclic) bond motifs is 1. The molecule has 1 saturated carbocycles. The first-order valence-corrected chi connectivity index (χ1v) is 10.5. The second kappa shape index (κ2) is 8.43. The third kappa shape index (κ3) is 4.27. The van der Waals surface area contributed by atoms with Crippen LogP contribution in [0.5, 0.6) is 11.6 Å². The summed E-state index contributed by atoms with van der Waals surface area (Å²) in [5.74, 6) is 2.07. The third-order valence-corrected chi connectivity index (χ3v) is 5.53. The van der Waals surface area contributed by atoms with Gasteiger partial charge in [0.25, 0.3) is 5.91 Å². The Morgan fingerprint density at radius 2 is 2.10 bits per heavy atom. The maximum Gasteiger partial charge on any atom is 0.254 e. The lowest BCUT2D eigenvalue weighted by atomic mass is 10.1. The fourth-order valence-corrected chi connectivity index (χ4v) is 3.56. The molecule has 1 amide bonds. The summed E-state index contributed by atoms with van der Waals surface area (Å²) in [6.45, 7) is 2.97. The quantitative estimate of drug-likeness (QED) is 0.602. The Morgan fingerprint density at radius 1 is 1.26 bits per heavy atom. The number of H-pyrrole nitrogens is 1. The number of morpholine rings is 1. The summed E-state index contributed by atoms with van der Waals surface area (Å²) in [5.41, 5.74) is 1.93. The predicted octanol–water partition coefficient (Wildman–Crippen LogP) is 2.97. The minimum atomic E-state index is -0.0343. The zero-order valence-electron chi connectivity index (χ0n) is 17.4. The van der Waals surface area contributed by atoms with E-state index in [4.69, 9.17) is 14.2 Å². The molecule has 9 nitrogen and oxygen atoms in total. The van der Waals surface area contributed by atoms with Crippen LogP contribution in [0.4, 0.5) is 11.6 Å². The number of rotatable bonds is 7. The first-order valence-electron chi connectivity index (χ1n) is 10.5. The van der Waals surface area contributed by atoms with Gasteiger partial charge in [-0.1, -0.05) is 0 Å². The number of benzene rings is 1.